The number of rotatable bonds is 6. The molecule has 15 heteroatoms. The van der Waals surface area contributed by atoms with Crippen LogP contribution in [0.15, 0.2) is 45.6 Å². The maximum atomic E-state index is 12.0. The van der Waals surface area contributed by atoms with Crippen molar-refractivity contribution < 1.29 is 69.3 Å². The molecule has 3 aliphatic heterocycles. The molecule has 0 bridgehead atoms. The first-order valence-corrected chi connectivity index (χ1v) is 12.4. The van der Waals surface area contributed by atoms with E-state index in [-0.39, 0.29) is 28.4 Å². The number of aliphatic hydroxyl groups is 6. The van der Waals surface area contributed by atoms with Gasteiger partial charge in [0, 0.05) is 17.7 Å². The minimum atomic E-state index is -1.81. The first kappa shape index (κ1) is 29.0. The quantitative estimate of drug-likeness (QED) is 0.151. The van der Waals surface area contributed by atoms with Crippen LogP contribution in [0.5, 0.6) is 23.0 Å². The van der Waals surface area contributed by atoms with E-state index in [2.05, 4.69) is 0 Å². The lowest BCUT2D eigenvalue weighted by atomic mass is 9.98. The molecule has 2 fully saturated rings. The van der Waals surface area contributed by atoms with Gasteiger partial charge in [-0.25, -0.2) is 0 Å². The van der Waals surface area contributed by atoms with Gasteiger partial charge in [0.15, 0.2) is 29.3 Å². The number of benzene rings is 2. The summed E-state index contributed by atoms with van der Waals surface area (Å²) in [5.74, 6) is -2.30. The topological polar surface area (TPSA) is 252 Å². The molecule has 0 aromatic heterocycles. The molecule has 222 valence electrons. The van der Waals surface area contributed by atoms with Gasteiger partial charge in [0.05, 0.1) is 18.8 Å². The molecular formula is C26H27O15-. The summed E-state index contributed by atoms with van der Waals surface area (Å²) in [5.41, 5.74) is -0.490. The Balaban J connectivity index is 1.57. The standard InChI is InChI=1S/C26H28O15/c27-7-18-20(34)21(35)24(41-25-22(36)19(33)15(32)8-37-25)26(40-18)39-17-6-11-13(30)4-10(28)5-16(11)38-23(17)9-1-2-12(29)14(31)3-9/h1-6,15,18-22,24-27,29-36H,7-8H2/p-1/t15-,18-,19+,20+,21+,22-,24-,25+,26-/m1/s1. The van der Waals surface area contributed by atoms with Crippen molar-refractivity contribution in [3.63, 3.8) is 0 Å². The van der Waals surface area contributed by atoms with Gasteiger partial charge in [-0.2, -0.15) is 0 Å². The molecule has 2 saturated heterocycles. The van der Waals surface area contributed by atoms with E-state index in [0.717, 1.165) is 24.3 Å². The van der Waals surface area contributed by atoms with E-state index >= 15 is 0 Å². The maximum Gasteiger partial charge on any atom is 0.229 e. The van der Waals surface area contributed by atoms with Crippen LogP contribution in [0.25, 0.3) is 22.6 Å². The second kappa shape index (κ2) is 11.4. The number of hydrogen-bond acceptors (Lipinski definition) is 15. The van der Waals surface area contributed by atoms with Gasteiger partial charge in [-0.1, -0.05) is 17.9 Å². The van der Waals surface area contributed by atoms with Gasteiger partial charge in [-0.15, -0.1) is 0 Å². The van der Waals surface area contributed by atoms with Crippen molar-refractivity contribution in [2.45, 2.75) is 55.3 Å². The number of aromatic hydroxyl groups is 2. The summed E-state index contributed by atoms with van der Waals surface area (Å²) in [6.45, 7) is -1.20. The summed E-state index contributed by atoms with van der Waals surface area (Å²) in [7, 11) is 0. The first-order valence-electron chi connectivity index (χ1n) is 12.4. The third kappa shape index (κ3) is 5.54. The molecule has 5 rings (SSSR count). The van der Waals surface area contributed by atoms with E-state index in [1.165, 1.54) is 12.1 Å². The van der Waals surface area contributed by atoms with Gasteiger partial charge < -0.3 is 69.3 Å². The average molecular weight is 579 g/mol. The van der Waals surface area contributed by atoms with E-state index in [4.69, 9.17) is 23.4 Å². The third-order valence-corrected chi connectivity index (χ3v) is 6.84. The molecule has 0 saturated carbocycles. The lowest BCUT2D eigenvalue weighted by Crippen LogP contribution is -2.63. The predicted molar refractivity (Wildman–Crippen MR) is 131 cm³/mol. The van der Waals surface area contributed by atoms with Crippen molar-refractivity contribution in [2.24, 2.45) is 0 Å². The predicted octanol–water partition coefficient (Wildman–Crippen LogP) is -2.46. The molecule has 0 radical (unpaired) electrons. The molecule has 41 heavy (non-hydrogen) atoms. The summed E-state index contributed by atoms with van der Waals surface area (Å²) in [6, 6.07) is 6.63. The second-order valence-corrected chi connectivity index (χ2v) is 9.65. The Morgan fingerprint density at radius 2 is 1.66 bits per heavy atom. The van der Waals surface area contributed by atoms with Crippen molar-refractivity contribution in [1.82, 2.24) is 0 Å². The van der Waals surface area contributed by atoms with Gasteiger partial charge in [0.1, 0.15) is 53.9 Å². The zero-order valence-corrected chi connectivity index (χ0v) is 21.0. The molecule has 0 amide bonds. The average Bonchev–Trinajstić information content (AvgIpc) is 2.94. The van der Waals surface area contributed by atoms with Crippen molar-refractivity contribution in [2.75, 3.05) is 13.2 Å². The van der Waals surface area contributed by atoms with Crippen LogP contribution < -0.4 is 15.3 Å². The summed E-state index contributed by atoms with van der Waals surface area (Å²) < 4.78 is 28.3. The number of fused-ring (bicyclic) bond motifs is 1. The Kier molecular flexibility index (Phi) is 8.06. The Labute approximate surface area is 230 Å². The van der Waals surface area contributed by atoms with Crippen molar-refractivity contribution in [3.8, 4) is 45.6 Å². The number of phenols is 2. The summed E-state index contributed by atoms with van der Waals surface area (Å²) in [6.07, 6.45) is -14.7. The van der Waals surface area contributed by atoms with E-state index in [9.17, 15) is 50.8 Å². The largest absolute Gasteiger partial charge is 0.870 e. The van der Waals surface area contributed by atoms with Crippen molar-refractivity contribution >= 4 is 0 Å². The molecule has 3 heterocycles. The van der Waals surface area contributed by atoms with Crippen LogP contribution in [0.4, 0.5) is 0 Å². The van der Waals surface area contributed by atoms with E-state index in [1.54, 1.807) is 0 Å². The van der Waals surface area contributed by atoms with Crippen LogP contribution in [0.1, 0.15) is 0 Å². The lowest BCUT2D eigenvalue weighted by Gasteiger charge is -2.44. The van der Waals surface area contributed by atoms with Crippen LogP contribution in [-0.4, -0.2) is 109 Å². The first-order chi connectivity index (χ1) is 19.5. The molecule has 0 spiro atoms. The highest BCUT2D eigenvalue weighted by atomic mass is 16.8. The minimum Gasteiger partial charge on any atom is -0.870 e. The van der Waals surface area contributed by atoms with Crippen LogP contribution in [0.2, 0.25) is 0 Å². The van der Waals surface area contributed by atoms with Gasteiger partial charge in [0.25, 0.3) is 0 Å². The fourth-order valence-corrected chi connectivity index (χ4v) is 4.60. The summed E-state index contributed by atoms with van der Waals surface area (Å²) >= 11 is 0. The normalized spacial score (nSPS) is 32.2. The van der Waals surface area contributed by atoms with Gasteiger partial charge in [0.2, 0.25) is 6.29 Å². The number of aliphatic hydroxyl groups excluding tert-OH is 6. The summed E-state index contributed by atoms with van der Waals surface area (Å²) in [4.78, 5) is 12.0. The van der Waals surface area contributed by atoms with E-state index in [0.29, 0.717) is 0 Å². The second-order valence-electron chi connectivity index (χ2n) is 9.65. The molecule has 4 aliphatic rings. The summed E-state index contributed by atoms with van der Waals surface area (Å²) in [5, 5.41) is 93.3. The van der Waals surface area contributed by atoms with E-state index in [1.807, 2.05) is 0 Å². The van der Waals surface area contributed by atoms with Gasteiger partial charge in [-0.3, -0.25) is 4.79 Å². The van der Waals surface area contributed by atoms with Crippen LogP contribution >= 0.6 is 0 Å². The molecular weight excluding hydrogens is 552 g/mol. The fourth-order valence-electron chi connectivity index (χ4n) is 4.60. The number of phenolic OH excluding ortho intramolecular Hbond substituents is 2. The Morgan fingerprint density at radius 1 is 0.902 bits per heavy atom. The molecule has 1 aromatic carbocycles. The van der Waals surface area contributed by atoms with Crippen LogP contribution in [0.3, 0.4) is 0 Å². The number of hydrogen-bond donors (Lipinski definition) is 8. The molecule has 9 atom stereocenters. The Bertz CT molecular complexity index is 1410. The highest BCUT2D eigenvalue weighted by Gasteiger charge is 2.50. The maximum absolute atomic E-state index is 12.0. The van der Waals surface area contributed by atoms with Gasteiger partial charge in [-0.05, 0) is 12.1 Å². The van der Waals surface area contributed by atoms with Crippen LogP contribution in [0, 0.1) is 0 Å². The SMILES string of the molecule is O=c1cc2oc(-c3ccc([O-])c(O)c3)c(O[C@@H]3O[C@H](CO)[C@H](O)[C@H](O)[C@H]3O[C@@H]3OC[C@@H](O)[C@H](O)[C@H]3O)cc-2c(O)c1. The van der Waals surface area contributed by atoms with Crippen LogP contribution in [-0.2, 0) is 14.2 Å². The van der Waals surface area contributed by atoms with Crippen molar-refractivity contribution in [1.29, 1.82) is 0 Å². The Morgan fingerprint density at radius 3 is 2.37 bits per heavy atom. The molecule has 1 aliphatic carbocycles. The molecule has 8 N–H and O–H groups in total. The highest BCUT2D eigenvalue weighted by Crippen LogP contribution is 2.43. The third-order valence-electron chi connectivity index (χ3n) is 6.84. The zero-order chi connectivity index (χ0) is 29.6. The zero-order valence-electron chi connectivity index (χ0n) is 21.0. The highest BCUT2D eigenvalue weighted by molar-refractivity contribution is 5.75. The Hall–Kier alpha value is -3.51. The molecule has 0 unspecified atom stereocenters. The molecule has 1 aromatic rings. The molecule has 15 nitrogen and oxygen atoms in total. The van der Waals surface area contributed by atoms with E-state index < -0.39 is 91.2 Å². The smallest absolute Gasteiger partial charge is 0.229 e. The minimum absolute atomic E-state index is 0.00346. The fraction of sp³-hybridized carbons (Fsp3) is 0.423. The monoisotopic (exact) mass is 579 g/mol. The number of ether oxygens (including phenoxy) is 4. The van der Waals surface area contributed by atoms with Crippen molar-refractivity contribution in [3.05, 3.63) is 46.6 Å². The van der Waals surface area contributed by atoms with Gasteiger partial charge >= 0.3 is 0 Å². The lowest BCUT2D eigenvalue weighted by molar-refractivity contribution is -0.344.